The van der Waals surface area contributed by atoms with Gasteiger partial charge >= 0.3 is 0 Å². The SMILES string of the molecule is [2H]OC([2H])([2H])C([2H])([2H])N([2H])C([2H])([2H])[2H]. The second-order valence-electron chi connectivity index (χ2n) is 0.326. The van der Waals surface area contributed by atoms with Crippen LogP contribution in [-0.4, -0.2) is 26.6 Å². The quantitative estimate of drug-likeness (QED) is 0.469. The molecule has 0 saturated heterocycles. The molecule has 0 aromatic carbocycles. The van der Waals surface area contributed by atoms with Crippen molar-refractivity contribution in [2.75, 3.05) is 20.0 Å². The molecule has 0 atom stereocenters. The molecule has 0 aromatic heterocycles. The molecule has 2 nitrogen and oxygen atoms in total. The van der Waals surface area contributed by atoms with E-state index in [1.54, 1.807) is 0 Å². The number of hydrogen-bond donors (Lipinski definition) is 2. The Bertz CT molecular complexity index is 199. The molecule has 5 heavy (non-hydrogen) atoms. The summed E-state index contributed by atoms with van der Waals surface area (Å²) >= 11 is 0. The first-order valence-electron chi connectivity index (χ1n) is 5.26. The van der Waals surface area contributed by atoms with Crippen molar-refractivity contribution in [2.45, 2.75) is 0 Å². The first kappa shape index (κ1) is 0.453. The fraction of sp³-hybridized carbons (Fsp3) is 1.00. The van der Waals surface area contributed by atoms with Crippen LogP contribution in [0, 0.1) is 0 Å². The van der Waals surface area contributed by atoms with E-state index < -0.39 is 25.3 Å². The summed E-state index contributed by atoms with van der Waals surface area (Å²) in [5, 5.41) is 2.87. The Morgan fingerprint density at radius 3 is 4.40 bits per heavy atom. The van der Waals surface area contributed by atoms with Crippen LogP contribution < -0.4 is 5.31 Å². The molecular weight excluding hydrogens is 66.0 g/mol. The molecule has 0 aliphatic carbocycles. The molecular formula is C3H9NO. The van der Waals surface area contributed by atoms with Crippen molar-refractivity contribution >= 4 is 0 Å². The minimum absolute atomic E-state index is 0.547. The van der Waals surface area contributed by atoms with Crippen LogP contribution >= 0.6 is 0 Å². The van der Waals surface area contributed by atoms with Gasteiger partial charge in [-0.25, -0.2) is 0 Å². The Hall–Kier alpha value is -0.0800. The standard InChI is InChI=1S/C3H9NO/c1-4-2-3-5/h4-5H,2-3H2,1H3/i1D3,2D2,3D2,5D/hD. The lowest BCUT2D eigenvalue weighted by Gasteiger charge is -1.84. The van der Waals surface area contributed by atoms with Crippen LogP contribution in [0.2, 0.25) is 1.41 Å². The molecule has 0 amide bonds. The molecule has 0 aliphatic heterocycles. The molecule has 0 rings (SSSR count). The Labute approximate surface area is 44.6 Å². The third-order valence-electron chi connectivity index (χ3n) is 0.102. The lowest BCUT2D eigenvalue weighted by molar-refractivity contribution is 0.296. The Morgan fingerprint density at radius 1 is 2.80 bits per heavy atom. The largest absolute Gasteiger partial charge is 0.395 e. The van der Waals surface area contributed by atoms with Gasteiger partial charge in [-0.1, -0.05) is 0 Å². The summed E-state index contributed by atoms with van der Waals surface area (Å²) in [5.74, 6) is 0. The average Bonchev–Trinajstić information content (AvgIpc) is 2.01. The van der Waals surface area contributed by atoms with E-state index in [4.69, 9.17) is 12.4 Å². The molecule has 0 unspecified atom stereocenters. The third-order valence-corrected chi connectivity index (χ3v) is 0.102. The molecule has 0 heterocycles. The van der Waals surface area contributed by atoms with Crippen molar-refractivity contribution in [2.24, 2.45) is 0 Å². The van der Waals surface area contributed by atoms with Crippen LogP contribution in [0.5, 0.6) is 0 Å². The van der Waals surface area contributed by atoms with Gasteiger partial charge in [-0.3, -0.25) is 0 Å². The van der Waals surface area contributed by atoms with Crippen molar-refractivity contribution in [3.8, 4) is 0 Å². The summed E-state index contributed by atoms with van der Waals surface area (Å²) < 4.78 is 61.0. The monoisotopic (exact) mass is 84.1 g/mol. The molecule has 32 valence electrons. The van der Waals surface area contributed by atoms with Gasteiger partial charge in [-0.2, -0.15) is 0 Å². The number of nitrogens with one attached hydrogen (secondary N) is 1. The minimum atomic E-state index is -3.25. The molecule has 2 N–H and O–H groups in total. The molecule has 0 bridgehead atoms. The van der Waals surface area contributed by atoms with Gasteiger partial charge in [0.15, 0.2) is 0 Å². The number of hydrogen-bond acceptors (Lipinski definition) is 2. The van der Waals surface area contributed by atoms with Crippen LogP contribution in [0.1, 0.15) is 9.60 Å². The summed E-state index contributed by atoms with van der Waals surface area (Å²) in [6, 6.07) is 0. The van der Waals surface area contributed by atoms with Crippen molar-refractivity contribution in [3.63, 3.8) is 0 Å². The smallest absolute Gasteiger partial charge is 0.210 e. The number of rotatable bonds is 3. The molecule has 0 saturated carbocycles. The van der Waals surface area contributed by atoms with Gasteiger partial charge in [0.2, 0.25) is 1.43 Å². The lowest BCUT2D eigenvalue weighted by atomic mass is 10.7. The van der Waals surface area contributed by atoms with Gasteiger partial charge in [-0.05, 0) is 6.98 Å². The maximum Gasteiger partial charge on any atom is 0.210 e. The Morgan fingerprint density at radius 2 is 3.80 bits per heavy atom. The lowest BCUT2D eigenvalue weighted by Crippen LogP contribution is -2.10. The maximum absolute atomic E-state index is 7.02. The third kappa shape index (κ3) is 3.92. The Balaban J connectivity index is 4.96. The highest BCUT2D eigenvalue weighted by atomic mass is 16.3. The van der Waals surface area contributed by atoms with E-state index in [1.165, 1.54) is 0 Å². The van der Waals surface area contributed by atoms with Crippen molar-refractivity contribution in [1.82, 2.24) is 5.31 Å². The molecule has 0 spiro atoms. The minimum Gasteiger partial charge on any atom is -0.395 e. The topological polar surface area (TPSA) is 32.3 Å². The van der Waals surface area contributed by atoms with Crippen LogP contribution in [-0.2, 0) is 0 Å². The highest BCUT2D eigenvalue weighted by molar-refractivity contribution is 4.27. The Kier molecular flexibility index (Phi) is 0.355. The average molecular weight is 84.2 g/mol. The van der Waals surface area contributed by atoms with E-state index in [9.17, 15) is 0 Å². The molecule has 0 aliphatic rings. The molecule has 0 fully saturated rings. The van der Waals surface area contributed by atoms with Gasteiger partial charge in [-0.15, -0.1) is 0 Å². The molecule has 0 radical (unpaired) electrons. The van der Waals surface area contributed by atoms with Gasteiger partial charge < -0.3 is 10.4 Å². The highest BCUT2D eigenvalue weighted by Gasteiger charge is 1.65. The van der Waals surface area contributed by atoms with E-state index >= 15 is 0 Å². The van der Waals surface area contributed by atoms with Gasteiger partial charge in [0.05, 0.1) is 9.30 Å². The normalized spacial score (nSPS) is 43.8. The zero-order valence-electron chi connectivity index (χ0n) is 11.4. The van der Waals surface area contributed by atoms with E-state index in [0.717, 1.165) is 0 Å². The predicted molar refractivity (Wildman–Crippen MR) is 21.0 cm³/mol. The highest BCUT2D eigenvalue weighted by Crippen LogP contribution is 1.42. The van der Waals surface area contributed by atoms with Gasteiger partial charge in [0.25, 0.3) is 0 Å². The first-order chi connectivity index (χ1) is 5.97. The van der Waals surface area contributed by atoms with E-state index in [1.807, 2.05) is 0 Å². The van der Waals surface area contributed by atoms with Gasteiger partial charge in [0.1, 0.15) is 1.41 Å². The zero-order valence-corrected chi connectivity index (χ0v) is 2.36. The van der Waals surface area contributed by atoms with Crippen LogP contribution in [0.4, 0.5) is 0 Å². The summed E-state index contributed by atoms with van der Waals surface area (Å²) in [7, 11) is 0. The van der Waals surface area contributed by atoms with Crippen molar-refractivity contribution in [3.05, 3.63) is 0 Å². The predicted octanol–water partition coefficient (Wildman–Crippen LogP) is -0.802. The fourth-order valence-corrected chi connectivity index (χ4v) is 0.0228. The molecule has 0 aromatic rings. The zero-order chi connectivity index (χ0) is 11.8. The second-order valence-corrected chi connectivity index (χ2v) is 0.326. The van der Waals surface area contributed by atoms with Crippen LogP contribution in [0.3, 0.4) is 0 Å². The van der Waals surface area contributed by atoms with E-state index in [2.05, 4.69) is 5.11 Å². The van der Waals surface area contributed by atoms with E-state index in [0.29, 0.717) is 0 Å². The van der Waals surface area contributed by atoms with Gasteiger partial charge in [0, 0.05) is 13.4 Å². The maximum atomic E-state index is 7.02. The number of aliphatic hydroxyl groups is 1. The summed E-state index contributed by atoms with van der Waals surface area (Å²) in [6.45, 7) is -9.58. The summed E-state index contributed by atoms with van der Waals surface area (Å²) in [5.41, 5.74) is 0. The van der Waals surface area contributed by atoms with Crippen LogP contribution in [0.25, 0.3) is 0 Å². The van der Waals surface area contributed by atoms with E-state index in [-0.39, 0.29) is 0 Å². The molecule has 2 heteroatoms. The summed E-state index contributed by atoms with van der Waals surface area (Å²) in [6.07, 6.45) is 0. The first-order valence-corrected chi connectivity index (χ1v) is 0.901. The van der Waals surface area contributed by atoms with Crippen molar-refractivity contribution < 1.29 is 16.1 Å². The fourth-order valence-electron chi connectivity index (χ4n) is 0.0228. The summed E-state index contributed by atoms with van der Waals surface area (Å²) in [4.78, 5) is 0. The second kappa shape index (κ2) is 3.92. The van der Waals surface area contributed by atoms with Crippen LogP contribution in [0.15, 0.2) is 0 Å². The number of likely N-dealkylation sites (N-methyl/N-ethyl adjacent to an activating group) is 1. The van der Waals surface area contributed by atoms with Crippen molar-refractivity contribution in [1.29, 1.82) is 1.43 Å².